The van der Waals surface area contributed by atoms with E-state index in [0.29, 0.717) is 30.0 Å². The van der Waals surface area contributed by atoms with Crippen LogP contribution in [0.3, 0.4) is 0 Å². The molecule has 1 unspecified atom stereocenters. The van der Waals surface area contributed by atoms with Crippen molar-refractivity contribution in [2.75, 3.05) is 5.32 Å². The molecule has 6 nitrogen and oxygen atoms in total. The Bertz CT molecular complexity index is 763. The predicted molar refractivity (Wildman–Crippen MR) is 97.2 cm³/mol. The normalized spacial score (nSPS) is 12.8. The van der Waals surface area contributed by atoms with Crippen LogP contribution in [-0.4, -0.2) is 17.5 Å². The zero-order valence-electron chi connectivity index (χ0n) is 14.7. The number of carbonyl (C=O) groups excluding carboxylic acids is 2. The minimum absolute atomic E-state index is 0.310. The number of hydrogen-bond donors (Lipinski definition) is 3. The molecule has 2 amide bonds. The predicted octanol–water partition coefficient (Wildman–Crippen LogP) is 3.15. The Kier molecular flexibility index (Phi) is 6.30. The number of nitrogens with one attached hydrogen (secondary N) is 2. The number of nitrogens with two attached hydrogens (primary N) is 1. The molecular weight excluding hydrogens is 337 g/mol. The average Bonchev–Trinajstić information content (AvgIpc) is 2.58. The molecule has 0 fully saturated rings. The molecule has 2 aromatic carbocycles. The molecule has 2 rings (SSSR count). The van der Waals surface area contributed by atoms with E-state index < -0.39 is 11.6 Å². The number of ether oxygens (including phenoxy) is 1. The molecule has 138 valence electrons. The summed E-state index contributed by atoms with van der Waals surface area (Å²) >= 11 is 0. The average molecular weight is 359 g/mol. The largest absolute Gasteiger partial charge is 0.457 e. The molecule has 1 atom stereocenters. The van der Waals surface area contributed by atoms with Crippen LogP contribution in [0, 0.1) is 5.82 Å². The molecule has 2 aromatic rings. The highest BCUT2D eigenvalue weighted by Crippen LogP contribution is 2.23. The van der Waals surface area contributed by atoms with E-state index >= 15 is 0 Å². The molecule has 0 bridgehead atoms. The second kappa shape index (κ2) is 8.44. The summed E-state index contributed by atoms with van der Waals surface area (Å²) in [6.07, 6.45) is 0.943. The van der Waals surface area contributed by atoms with Gasteiger partial charge in [-0.05, 0) is 55.0 Å². The maximum Gasteiger partial charge on any atom is 0.265 e. The first-order valence-electron chi connectivity index (χ1n) is 8.25. The molecule has 0 aromatic heterocycles. The Morgan fingerprint density at radius 1 is 1.08 bits per heavy atom. The van der Waals surface area contributed by atoms with Crippen LogP contribution in [0.15, 0.2) is 48.5 Å². The lowest BCUT2D eigenvalue weighted by molar-refractivity contribution is -0.129. The van der Waals surface area contributed by atoms with Crippen molar-refractivity contribution in [1.82, 2.24) is 5.32 Å². The number of hydrogen-bond acceptors (Lipinski definition) is 4. The first-order valence-corrected chi connectivity index (χ1v) is 8.25. The zero-order valence-corrected chi connectivity index (χ0v) is 14.7. The fourth-order valence-corrected chi connectivity index (χ4v) is 2.43. The molecule has 4 N–H and O–H groups in total. The fraction of sp³-hybridized carbons (Fsp3) is 0.263. The SMILES string of the molecule is CCCC(N)(NC(C)=O)C(=O)Nc1ccc(Oc2ccc(F)cc2)cc1. The standard InChI is InChI=1S/C19H22FN3O3/c1-3-12-19(21,23-13(2)24)18(25)22-15-6-10-17(11-7-15)26-16-8-4-14(20)5-9-16/h4-11H,3,12,21H2,1-2H3,(H,22,25)(H,23,24). The van der Waals surface area contributed by atoms with Gasteiger partial charge >= 0.3 is 0 Å². The number of amides is 2. The van der Waals surface area contributed by atoms with Crippen molar-refractivity contribution in [3.05, 3.63) is 54.3 Å². The van der Waals surface area contributed by atoms with Crippen LogP contribution in [0.4, 0.5) is 10.1 Å². The Hall–Kier alpha value is -2.93. The van der Waals surface area contributed by atoms with Crippen molar-refractivity contribution in [3.63, 3.8) is 0 Å². The minimum Gasteiger partial charge on any atom is -0.457 e. The first kappa shape index (κ1) is 19.4. The van der Waals surface area contributed by atoms with Crippen LogP contribution < -0.4 is 21.1 Å². The van der Waals surface area contributed by atoms with Gasteiger partial charge in [0.05, 0.1) is 0 Å². The van der Waals surface area contributed by atoms with Gasteiger partial charge in [-0.2, -0.15) is 0 Å². The maximum atomic E-state index is 12.9. The van der Waals surface area contributed by atoms with Crippen LogP contribution in [-0.2, 0) is 9.59 Å². The Labute approximate surface area is 151 Å². The highest BCUT2D eigenvalue weighted by atomic mass is 19.1. The molecule has 0 saturated carbocycles. The lowest BCUT2D eigenvalue weighted by Crippen LogP contribution is -2.63. The number of carbonyl (C=O) groups is 2. The summed E-state index contributed by atoms with van der Waals surface area (Å²) in [6, 6.07) is 12.3. The Balaban J connectivity index is 2.04. The highest BCUT2D eigenvalue weighted by Gasteiger charge is 2.34. The molecule has 0 radical (unpaired) electrons. The van der Waals surface area contributed by atoms with Crippen molar-refractivity contribution in [1.29, 1.82) is 0 Å². The van der Waals surface area contributed by atoms with Crippen LogP contribution >= 0.6 is 0 Å². The molecule has 0 spiro atoms. The summed E-state index contributed by atoms with van der Waals surface area (Å²) in [6.45, 7) is 3.18. The lowest BCUT2D eigenvalue weighted by Gasteiger charge is -2.28. The van der Waals surface area contributed by atoms with Crippen LogP contribution in [0.25, 0.3) is 0 Å². The molecule has 7 heteroatoms. The topological polar surface area (TPSA) is 93.5 Å². The second-order valence-corrected chi connectivity index (χ2v) is 5.94. The molecule has 26 heavy (non-hydrogen) atoms. The molecule has 0 heterocycles. The van der Waals surface area contributed by atoms with Crippen molar-refractivity contribution < 1.29 is 18.7 Å². The van der Waals surface area contributed by atoms with E-state index in [2.05, 4.69) is 10.6 Å². The summed E-state index contributed by atoms with van der Waals surface area (Å²) in [5.74, 6) is -0.186. The van der Waals surface area contributed by atoms with Crippen LogP contribution in [0.5, 0.6) is 11.5 Å². The number of anilines is 1. The third-order valence-corrected chi connectivity index (χ3v) is 3.61. The quantitative estimate of drug-likeness (QED) is 0.662. The second-order valence-electron chi connectivity index (χ2n) is 5.94. The van der Waals surface area contributed by atoms with Crippen molar-refractivity contribution in [2.45, 2.75) is 32.4 Å². The molecule has 0 aliphatic heterocycles. The van der Waals surface area contributed by atoms with Gasteiger partial charge in [0.15, 0.2) is 5.66 Å². The summed E-state index contributed by atoms with van der Waals surface area (Å²) < 4.78 is 18.5. The van der Waals surface area contributed by atoms with Crippen LogP contribution in [0.1, 0.15) is 26.7 Å². The van der Waals surface area contributed by atoms with Gasteiger partial charge in [0.25, 0.3) is 5.91 Å². The van der Waals surface area contributed by atoms with E-state index in [0.717, 1.165) is 0 Å². The van der Waals surface area contributed by atoms with Crippen molar-refractivity contribution >= 4 is 17.5 Å². The minimum atomic E-state index is -1.47. The van der Waals surface area contributed by atoms with E-state index in [9.17, 15) is 14.0 Å². The third-order valence-electron chi connectivity index (χ3n) is 3.61. The van der Waals surface area contributed by atoms with Gasteiger partial charge in [0.1, 0.15) is 17.3 Å². The lowest BCUT2D eigenvalue weighted by atomic mass is 10.0. The highest BCUT2D eigenvalue weighted by molar-refractivity contribution is 5.99. The van der Waals surface area contributed by atoms with E-state index in [1.165, 1.54) is 31.2 Å². The summed E-state index contributed by atoms with van der Waals surface area (Å²) in [5.41, 5.74) is 5.09. The maximum absolute atomic E-state index is 12.9. The molecule has 0 saturated heterocycles. The van der Waals surface area contributed by atoms with Crippen LogP contribution in [0.2, 0.25) is 0 Å². The van der Waals surface area contributed by atoms with E-state index in [-0.39, 0.29) is 11.7 Å². The van der Waals surface area contributed by atoms with Gasteiger partial charge in [0.2, 0.25) is 5.91 Å². The van der Waals surface area contributed by atoms with Gasteiger partial charge in [0, 0.05) is 12.6 Å². The monoisotopic (exact) mass is 359 g/mol. The van der Waals surface area contributed by atoms with E-state index in [1.807, 2.05) is 6.92 Å². The summed E-state index contributed by atoms with van der Waals surface area (Å²) in [5, 5.41) is 5.18. The van der Waals surface area contributed by atoms with Gasteiger partial charge in [-0.3, -0.25) is 9.59 Å². The molecular formula is C19H22FN3O3. The van der Waals surface area contributed by atoms with Gasteiger partial charge in [-0.15, -0.1) is 0 Å². The third kappa shape index (κ3) is 5.29. The first-order chi connectivity index (χ1) is 12.3. The number of rotatable bonds is 7. The molecule has 0 aliphatic carbocycles. The summed E-state index contributed by atoms with van der Waals surface area (Å²) in [4.78, 5) is 23.8. The van der Waals surface area contributed by atoms with Crippen molar-refractivity contribution in [3.8, 4) is 11.5 Å². The molecule has 0 aliphatic rings. The Morgan fingerprint density at radius 2 is 1.62 bits per heavy atom. The van der Waals surface area contributed by atoms with Gasteiger partial charge in [-0.1, -0.05) is 13.3 Å². The van der Waals surface area contributed by atoms with Gasteiger partial charge in [-0.25, -0.2) is 4.39 Å². The van der Waals surface area contributed by atoms with E-state index in [1.54, 1.807) is 24.3 Å². The van der Waals surface area contributed by atoms with Gasteiger partial charge < -0.3 is 21.1 Å². The Morgan fingerprint density at radius 3 is 2.12 bits per heavy atom. The zero-order chi connectivity index (χ0) is 19.2. The van der Waals surface area contributed by atoms with Crippen molar-refractivity contribution in [2.24, 2.45) is 5.73 Å². The number of halogens is 1. The summed E-state index contributed by atoms with van der Waals surface area (Å²) in [7, 11) is 0. The van der Waals surface area contributed by atoms with E-state index in [4.69, 9.17) is 10.5 Å². The smallest absolute Gasteiger partial charge is 0.265 e. The fourth-order valence-electron chi connectivity index (χ4n) is 2.43. The number of benzene rings is 2.